The van der Waals surface area contributed by atoms with Crippen molar-refractivity contribution in [2.45, 2.75) is 6.92 Å². The zero-order valence-corrected chi connectivity index (χ0v) is 16.9. The van der Waals surface area contributed by atoms with Gasteiger partial charge in [0.05, 0.1) is 16.2 Å². The third-order valence-corrected chi connectivity index (χ3v) is 5.65. The Morgan fingerprint density at radius 3 is 2.69 bits per heavy atom. The number of carbonyl (C=O) groups is 2. The van der Waals surface area contributed by atoms with Gasteiger partial charge in [0.2, 0.25) is 0 Å². The van der Waals surface area contributed by atoms with E-state index in [1.165, 1.54) is 22.7 Å². The molecular formula is C22H15NO4S2. The van der Waals surface area contributed by atoms with Gasteiger partial charge in [0.15, 0.2) is 4.32 Å². The molecular weight excluding hydrogens is 406 g/mol. The number of carbonyl (C=O) groups excluding carboxylic acids is 1. The molecule has 1 aromatic heterocycles. The van der Waals surface area contributed by atoms with Crippen LogP contribution in [0.4, 0.5) is 5.69 Å². The van der Waals surface area contributed by atoms with Gasteiger partial charge in [0, 0.05) is 11.6 Å². The smallest absolute Gasteiger partial charge is 0.335 e. The number of carboxylic acid groups (broad SMARTS) is 1. The number of thiocarbonyl (C=S) groups is 1. The molecule has 0 atom stereocenters. The van der Waals surface area contributed by atoms with Gasteiger partial charge in [0.25, 0.3) is 5.91 Å². The molecule has 1 aliphatic rings. The van der Waals surface area contributed by atoms with E-state index in [9.17, 15) is 9.59 Å². The van der Waals surface area contributed by atoms with E-state index < -0.39 is 5.97 Å². The van der Waals surface area contributed by atoms with Crippen LogP contribution >= 0.6 is 24.0 Å². The summed E-state index contributed by atoms with van der Waals surface area (Å²) in [6.07, 6.45) is 1.65. The number of aromatic carboxylic acids is 1. The number of nitrogens with zero attached hydrogens (tertiary/aromatic N) is 1. The fourth-order valence-corrected chi connectivity index (χ4v) is 4.26. The van der Waals surface area contributed by atoms with Gasteiger partial charge in [0.1, 0.15) is 11.5 Å². The molecule has 0 saturated carbocycles. The van der Waals surface area contributed by atoms with E-state index in [2.05, 4.69) is 0 Å². The number of aryl methyl sites for hydroxylation is 1. The summed E-state index contributed by atoms with van der Waals surface area (Å²) in [5.41, 5.74) is 2.61. The van der Waals surface area contributed by atoms with E-state index in [0.29, 0.717) is 26.3 Å². The molecule has 3 aromatic rings. The van der Waals surface area contributed by atoms with E-state index in [0.717, 1.165) is 11.3 Å². The number of anilines is 1. The molecule has 7 heteroatoms. The predicted molar refractivity (Wildman–Crippen MR) is 118 cm³/mol. The van der Waals surface area contributed by atoms with Crippen LogP contribution in [-0.4, -0.2) is 21.3 Å². The van der Waals surface area contributed by atoms with Crippen LogP contribution in [0.2, 0.25) is 0 Å². The van der Waals surface area contributed by atoms with Crippen molar-refractivity contribution >= 4 is 51.9 Å². The van der Waals surface area contributed by atoms with Crippen molar-refractivity contribution in [2.75, 3.05) is 4.90 Å². The first-order chi connectivity index (χ1) is 13.9. The average Bonchev–Trinajstić information content (AvgIpc) is 3.26. The van der Waals surface area contributed by atoms with Crippen LogP contribution in [-0.2, 0) is 4.79 Å². The Labute approximate surface area is 176 Å². The number of carboxylic acids is 1. The molecule has 0 radical (unpaired) electrons. The predicted octanol–water partition coefficient (Wildman–Crippen LogP) is 5.36. The molecule has 1 fully saturated rings. The number of benzene rings is 2. The summed E-state index contributed by atoms with van der Waals surface area (Å²) >= 11 is 6.62. The highest BCUT2D eigenvalue weighted by atomic mass is 32.2. The lowest BCUT2D eigenvalue weighted by molar-refractivity contribution is -0.113. The zero-order chi connectivity index (χ0) is 20.5. The van der Waals surface area contributed by atoms with Crippen LogP contribution < -0.4 is 4.90 Å². The third kappa shape index (κ3) is 3.87. The van der Waals surface area contributed by atoms with Gasteiger partial charge in [-0.1, -0.05) is 48.2 Å². The van der Waals surface area contributed by atoms with Gasteiger partial charge in [-0.3, -0.25) is 9.69 Å². The van der Waals surface area contributed by atoms with Crippen LogP contribution in [0.3, 0.4) is 0 Å². The van der Waals surface area contributed by atoms with Crippen LogP contribution in [0.1, 0.15) is 21.7 Å². The van der Waals surface area contributed by atoms with Crippen LogP contribution in [0.15, 0.2) is 70.0 Å². The van der Waals surface area contributed by atoms with E-state index in [1.54, 1.807) is 36.4 Å². The van der Waals surface area contributed by atoms with Gasteiger partial charge in [-0.25, -0.2) is 4.79 Å². The Bertz CT molecular complexity index is 1180. The molecule has 1 amide bonds. The van der Waals surface area contributed by atoms with Crippen molar-refractivity contribution in [3.05, 3.63) is 82.5 Å². The second-order valence-electron chi connectivity index (χ2n) is 6.44. The molecule has 2 aromatic carbocycles. The molecule has 1 N–H and O–H groups in total. The summed E-state index contributed by atoms with van der Waals surface area (Å²) in [6, 6.07) is 17.6. The van der Waals surface area contributed by atoms with Gasteiger partial charge in [-0.2, -0.15) is 0 Å². The van der Waals surface area contributed by atoms with Crippen molar-refractivity contribution < 1.29 is 19.1 Å². The number of thioether (sulfide) groups is 1. The molecule has 0 spiro atoms. The highest BCUT2D eigenvalue weighted by molar-refractivity contribution is 8.27. The monoisotopic (exact) mass is 421 g/mol. The molecule has 1 aliphatic heterocycles. The number of amides is 1. The fourth-order valence-electron chi connectivity index (χ4n) is 2.98. The Morgan fingerprint density at radius 1 is 1.14 bits per heavy atom. The summed E-state index contributed by atoms with van der Waals surface area (Å²) < 4.78 is 6.28. The summed E-state index contributed by atoms with van der Waals surface area (Å²) in [4.78, 5) is 26.0. The Balaban J connectivity index is 1.61. The SMILES string of the molecule is Cc1cccc(N2C(=O)/C(=C\c3ccc(-c4cccc(C(=O)O)c4)o3)SC2=S)c1. The maximum Gasteiger partial charge on any atom is 0.335 e. The van der Waals surface area contributed by atoms with E-state index in [4.69, 9.17) is 21.7 Å². The first-order valence-corrected chi connectivity index (χ1v) is 9.93. The van der Waals surface area contributed by atoms with Crippen molar-refractivity contribution in [3.8, 4) is 11.3 Å². The van der Waals surface area contributed by atoms with Gasteiger partial charge in [-0.15, -0.1) is 0 Å². The molecule has 29 heavy (non-hydrogen) atoms. The third-order valence-electron chi connectivity index (χ3n) is 4.35. The topological polar surface area (TPSA) is 70.8 Å². The Hall–Kier alpha value is -3.16. The maximum absolute atomic E-state index is 12.9. The lowest BCUT2D eigenvalue weighted by atomic mass is 10.1. The highest BCUT2D eigenvalue weighted by Crippen LogP contribution is 2.36. The van der Waals surface area contributed by atoms with Gasteiger partial charge in [-0.05, 0) is 48.9 Å². The second kappa shape index (κ2) is 7.69. The van der Waals surface area contributed by atoms with Crippen LogP contribution in [0, 0.1) is 6.92 Å². The van der Waals surface area contributed by atoms with Gasteiger partial charge >= 0.3 is 5.97 Å². The lowest BCUT2D eigenvalue weighted by Crippen LogP contribution is -2.27. The Kier molecular flexibility index (Phi) is 5.08. The van der Waals surface area contributed by atoms with E-state index in [-0.39, 0.29) is 11.5 Å². The lowest BCUT2D eigenvalue weighted by Gasteiger charge is -2.14. The highest BCUT2D eigenvalue weighted by Gasteiger charge is 2.33. The molecule has 4 rings (SSSR count). The van der Waals surface area contributed by atoms with E-state index >= 15 is 0 Å². The number of hydrogen-bond donors (Lipinski definition) is 1. The van der Waals surface area contributed by atoms with Gasteiger partial charge < -0.3 is 9.52 Å². The van der Waals surface area contributed by atoms with E-state index in [1.807, 2.05) is 31.2 Å². The molecule has 0 bridgehead atoms. The van der Waals surface area contributed by atoms with Crippen LogP contribution in [0.5, 0.6) is 0 Å². The van der Waals surface area contributed by atoms with Crippen LogP contribution in [0.25, 0.3) is 17.4 Å². The Morgan fingerprint density at radius 2 is 1.93 bits per heavy atom. The number of rotatable bonds is 4. The molecule has 2 heterocycles. The largest absolute Gasteiger partial charge is 0.478 e. The minimum atomic E-state index is -1.00. The first-order valence-electron chi connectivity index (χ1n) is 8.70. The molecule has 5 nitrogen and oxygen atoms in total. The minimum Gasteiger partial charge on any atom is -0.478 e. The first kappa shape index (κ1) is 19.2. The molecule has 1 saturated heterocycles. The molecule has 0 unspecified atom stereocenters. The molecule has 144 valence electrons. The number of hydrogen-bond acceptors (Lipinski definition) is 5. The van der Waals surface area contributed by atoms with Crippen molar-refractivity contribution in [1.29, 1.82) is 0 Å². The maximum atomic E-state index is 12.9. The quantitative estimate of drug-likeness (QED) is 0.452. The molecule has 0 aliphatic carbocycles. The van der Waals surface area contributed by atoms with Crippen molar-refractivity contribution in [1.82, 2.24) is 0 Å². The summed E-state index contributed by atoms with van der Waals surface area (Å²) in [7, 11) is 0. The summed E-state index contributed by atoms with van der Waals surface area (Å²) in [5.74, 6) is -0.186. The van der Waals surface area contributed by atoms with Crippen molar-refractivity contribution in [2.24, 2.45) is 0 Å². The number of furan rings is 1. The fraction of sp³-hybridized carbons (Fsp3) is 0.0455. The second-order valence-corrected chi connectivity index (χ2v) is 8.12. The minimum absolute atomic E-state index is 0.180. The standard InChI is InChI=1S/C22H15NO4S2/c1-13-4-2-7-16(10-13)23-20(24)19(29-22(23)28)12-17-8-9-18(27-17)14-5-3-6-15(11-14)21(25)26/h2-12H,1H3,(H,25,26)/b19-12+. The van der Waals surface area contributed by atoms with Crippen molar-refractivity contribution in [3.63, 3.8) is 0 Å². The summed E-state index contributed by atoms with van der Waals surface area (Å²) in [6.45, 7) is 1.96. The normalized spacial score (nSPS) is 15.3. The average molecular weight is 421 g/mol. The zero-order valence-electron chi connectivity index (χ0n) is 15.3. The summed E-state index contributed by atoms with van der Waals surface area (Å²) in [5, 5.41) is 9.14.